The number of halogens is 1. The van der Waals surface area contributed by atoms with Gasteiger partial charge in [-0.3, -0.25) is 0 Å². The van der Waals surface area contributed by atoms with E-state index in [9.17, 15) is 0 Å². The van der Waals surface area contributed by atoms with E-state index in [1.165, 1.54) is 6.20 Å². The van der Waals surface area contributed by atoms with Crippen LogP contribution < -0.4 is 5.73 Å². The molecule has 2 N–H and O–H groups in total. The molecule has 0 aliphatic carbocycles. The van der Waals surface area contributed by atoms with Crippen LogP contribution in [0.1, 0.15) is 0 Å². The lowest BCUT2D eigenvalue weighted by molar-refractivity contribution is 0.431. The van der Waals surface area contributed by atoms with E-state index in [4.69, 9.17) is 21.9 Å². The van der Waals surface area contributed by atoms with Crippen LogP contribution in [0.5, 0.6) is 0 Å². The van der Waals surface area contributed by atoms with E-state index in [0.717, 1.165) is 5.56 Å². The van der Waals surface area contributed by atoms with E-state index in [1.54, 1.807) is 18.2 Å². The standard InChI is InChI=1S/C13H9ClN4O/c14-10-4-2-1-3-9(10)12-17-13(19-18-12)11-6-5-8(15)7-16-11/h1-7H,15H2. The van der Waals surface area contributed by atoms with Gasteiger partial charge in [-0.2, -0.15) is 4.98 Å². The third-order valence-corrected chi connectivity index (χ3v) is 2.88. The molecule has 0 fully saturated rings. The Balaban J connectivity index is 2.00. The van der Waals surface area contributed by atoms with Gasteiger partial charge in [-0.25, -0.2) is 4.98 Å². The minimum absolute atomic E-state index is 0.329. The fraction of sp³-hybridized carbons (Fsp3) is 0. The van der Waals surface area contributed by atoms with E-state index in [0.29, 0.717) is 28.1 Å². The van der Waals surface area contributed by atoms with Crippen LogP contribution in [-0.2, 0) is 0 Å². The molecule has 0 aliphatic rings. The largest absolute Gasteiger partial charge is 0.397 e. The second-order valence-corrected chi connectivity index (χ2v) is 4.29. The number of nitrogens with zero attached hydrogens (tertiary/aromatic N) is 3. The summed E-state index contributed by atoms with van der Waals surface area (Å²) in [6.07, 6.45) is 1.54. The zero-order valence-corrected chi connectivity index (χ0v) is 10.5. The fourth-order valence-corrected chi connectivity index (χ4v) is 1.83. The average Bonchev–Trinajstić information content (AvgIpc) is 2.89. The molecule has 19 heavy (non-hydrogen) atoms. The van der Waals surface area contributed by atoms with Crippen LogP contribution in [0.4, 0.5) is 5.69 Å². The number of hydrogen-bond acceptors (Lipinski definition) is 5. The van der Waals surface area contributed by atoms with Crippen molar-refractivity contribution >= 4 is 17.3 Å². The fourth-order valence-electron chi connectivity index (χ4n) is 1.61. The molecule has 0 aliphatic heterocycles. The van der Waals surface area contributed by atoms with Gasteiger partial charge in [0.05, 0.1) is 16.9 Å². The molecule has 2 heterocycles. The number of hydrogen-bond donors (Lipinski definition) is 1. The summed E-state index contributed by atoms with van der Waals surface area (Å²) in [5, 5.41) is 4.47. The molecule has 5 nitrogen and oxygen atoms in total. The maximum Gasteiger partial charge on any atom is 0.276 e. The maximum absolute atomic E-state index is 6.08. The highest BCUT2D eigenvalue weighted by Crippen LogP contribution is 2.26. The van der Waals surface area contributed by atoms with Gasteiger partial charge in [0, 0.05) is 5.56 Å². The van der Waals surface area contributed by atoms with E-state index in [2.05, 4.69) is 15.1 Å². The van der Waals surface area contributed by atoms with Crippen molar-refractivity contribution in [2.24, 2.45) is 0 Å². The van der Waals surface area contributed by atoms with Crippen molar-refractivity contribution in [1.82, 2.24) is 15.1 Å². The molecule has 3 aromatic rings. The molecule has 0 amide bonds. The minimum Gasteiger partial charge on any atom is -0.397 e. The molecule has 0 atom stereocenters. The van der Waals surface area contributed by atoms with Crippen molar-refractivity contribution in [1.29, 1.82) is 0 Å². The first-order chi connectivity index (χ1) is 9.24. The second kappa shape index (κ2) is 4.70. The second-order valence-electron chi connectivity index (χ2n) is 3.88. The van der Waals surface area contributed by atoms with Crippen molar-refractivity contribution in [2.45, 2.75) is 0 Å². The van der Waals surface area contributed by atoms with Crippen LogP contribution in [0.3, 0.4) is 0 Å². The van der Waals surface area contributed by atoms with Crippen molar-refractivity contribution in [3.05, 3.63) is 47.6 Å². The van der Waals surface area contributed by atoms with Crippen molar-refractivity contribution in [3.63, 3.8) is 0 Å². The summed E-state index contributed by atoms with van der Waals surface area (Å²) in [7, 11) is 0. The highest BCUT2D eigenvalue weighted by molar-refractivity contribution is 6.33. The number of anilines is 1. The van der Waals surface area contributed by atoms with Crippen molar-refractivity contribution < 1.29 is 4.52 Å². The van der Waals surface area contributed by atoms with Gasteiger partial charge in [-0.05, 0) is 24.3 Å². The normalized spacial score (nSPS) is 10.6. The van der Waals surface area contributed by atoms with Gasteiger partial charge in [0.15, 0.2) is 0 Å². The van der Waals surface area contributed by atoms with Gasteiger partial charge in [0.2, 0.25) is 5.82 Å². The summed E-state index contributed by atoms with van der Waals surface area (Å²) in [6, 6.07) is 10.7. The summed E-state index contributed by atoms with van der Waals surface area (Å²) in [4.78, 5) is 8.40. The quantitative estimate of drug-likeness (QED) is 0.776. The Hall–Kier alpha value is -2.40. The monoisotopic (exact) mass is 272 g/mol. The molecule has 94 valence electrons. The van der Waals surface area contributed by atoms with Gasteiger partial charge in [0.1, 0.15) is 5.69 Å². The number of nitrogens with two attached hydrogens (primary N) is 1. The molecule has 2 aromatic heterocycles. The van der Waals surface area contributed by atoms with E-state index >= 15 is 0 Å². The molecule has 0 saturated carbocycles. The minimum atomic E-state index is 0.329. The summed E-state index contributed by atoms with van der Waals surface area (Å²) in [6.45, 7) is 0. The van der Waals surface area contributed by atoms with E-state index < -0.39 is 0 Å². The third kappa shape index (κ3) is 2.28. The Kier molecular flexibility index (Phi) is 2.89. The zero-order chi connectivity index (χ0) is 13.2. The molecular formula is C13H9ClN4O. The molecule has 0 saturated heterocycles. The molecule has 3 rings (SSSR count). The number of nitrogen functional groups attached to an aromatic ring is 1. The van der Waals surface area contributed by atoms with E-state index in [1.807, 2.05) is 18.2 Å². The zero-order valence-electron chi connectivity index (χ0n) is 9.75. The topological polar surface area (TPSA) is 77.8 Å². The summed E-state index contributed by atoms with van der Waals surface area (Å²) >= 11 is 6.08. The summed E-state index contributed by atoms with van der Waals surface area (Å²) in [5.41, 5.74) is 7.44. The highest BCUT2D eigenvalue weighted by atomic mass is 35.5. The lowest BCUT2D eigenvalue weighted by atomic mass is 10.2. The maximum atomic E-state index is 6.08. The van der Waals surface area contributed by atoms with Crippen LogP contribution in [0.15, 0.2) is 47.1 Å². The highest BCUT2D eigenvalue weighted by Gasteiger charge is 2.13. The first-order valence-electron chi connectivity index (χ1n) is 5.54. The van der Waals surface area contributed by atoms with Gasteiger partial charge in [0.25, 0.3) is 5.89 Å². The number of benzene rings is 1. The van der Waals surface area contributed by atoms with Gasteiger partial charge in [-0.1, -0.05) is 28.9 Å². The lowest BCUT2D eigenvalue weighted by Crippen LogP contribution is -1.88. The Morgan fingerprint density at radius 1 is 1.11 bits per heavy atom. The van der Waals surface area contributed by atoms with Crippen LogP contribution in [0.25, 0.3) is 23.0 Å². The third-order valence-electron chi connectivity index (χ3n) is 2.55. The number of pyridine rings is 1. The summed E-state index contributed by atoms with van der Waals surface area (Å²) < 4.78 is 5.18. The Morgan fingerprint density at radius 2 is 1.95 bits per heavy atom. The molecule has 1 aromatic carbocycles. The molecular weight excluding hydrogens is 264 g/mol. The molecule has 0 bridgehead atoms. The van der Waals surface area contributed by atoms with Crippen LogP contribution >= 0.6 is 11.6 Å². The predicted octanol–water partition coefficient (Wildman–Crippen LogP) is 3.03. The summed E-state index contributed by atoms with van der Waals surface area (Å²) in [5.74, 6) is 0.758. The van der Waals surface area contributed by atoms with E-state index in [-0.39, 0.29) is 0 Å². The molecule has 0 radical (unpaired) electrons. The SMILES string of the molecule is Nc1ccc(-c2nc(-c3ccccc3Cl)no2)nc1. The smallest absolute Gasteiger partial charge is 0.276 e. The van der Waals surface area contributed by atoms with Crippen molar-refractivity contribution in [2.75, 3.05) is 5.73 Å². The number of aromatic nitrogens is 3. The van der Waals surface area contributed by atoms with Crippen LogP contribution in [0, 0.1) is 0 Å². The average molecular weight is 273 g/mol. The van der Waals surface area contributed by atoms with Crippen LogP contribution in [0.2, 0.25) is 5.02 Å². The molecule has 0 unspecified atom stereocenters. The predicted molar refractivity (Wildman–Crippen MR) is 72.4 cm³/mol. The van der Waals surface area contributed by atoms with Crippen LogP contribution in [-0.4, -0.2) is 15.1 Å². The Morgan fingerprint density at radius 3 is 2.68 bits per heavy atom. The Bertz CT molecular complexity index is 709. The molecule has 0 spiro atoms. The van der Waals surface area contributed by atoms with Gasteiger partial charge < -0.3 is 10.3 Å². The first kappa shape index (κ1) is 11.7. The van der Waals surface area contributed by atoms with Gasteiger partial charge in [-0.15, -0.1) is 0 Å². The number of rotatable bonds is 2. The molecule has 6 heteroatoms. The lowest BCUT2D eigenvalue weighted by Gasteiger charge is -1.96. The van der Waals surface area contributed by atoms with Gasteiger partial charge >= 0.3 is 0 Å². The Labute approximate surface area is 114 Å². The van der Waals surface area contributed by atoms with Crippen molar-refractivity contribution in [3.8, 4) is 23.0 Å². The first-order valence-corrected chi connectivity index (χ1v) is 5.92.